The van der Waals surface area contributed by atoms with E-state index in [4.69, 9.17) is 11.5 Å². The van der Waals surface area contributed by atoms with E-state index in [1.165, 1.54) is 0 Å². The quantitative estimate of drug-likeness (QED) is 0.720. The van der Waals surface area contributed by atoms with Gasteiger partial charge in [0, 0.05) is 5.56 Å². The third-order valence-corrected chi connectivity index (χ3v) is 2.10. The summed E-state index contributed by atoms with van der Waals surface area (Å²) in [6.07, 6.45) is 5.31. The highest BCUT2D eigenvalue weighted by Gasteiger charge is 2.08. The largest absolute Gasteiger partial charge is 0.481 e. The van der Waals surface area contributed by atoms with Gasteiger partial charge >= 0.3 is 5.97 Å². The predicted molar refractivity (Wildman–Crippen MR) is 55.2 cm³/mol. The minimum atomic E-state index is -0.853. The Hall–Kier alpha value is -1.75. The van der Waals surface area contributed by atoms with Crippen molar-refractivity contribution in [1.82, 2.24) is 0 Å². The average molecular weight is 188 g/mol. The summed E-state index contributed by atoms with van der Waals surface area (Å²) >= 11 is 0. The van der Waals surface area contributed by atoms with Crippen LogP contribution < -0.4 is 0 Å². The van der Waals surface area contributed by atoms with Gasteiger partial charge in [-0.1, -0.05) is 12.0 Å². The Balaban J connectivity index is 3.27. The normalized spacial score (nSPS) is 9.50. The summed E-state index contributed by atoms with van der Waals surface area (Å²) < 4.78 is 0. The van der Waals surface area contributed by atoms with E-state index >= 15 is 0 Å². The molecule has 1 rings (SSSR count). The number of aryl methyl sites for hydroxylation is 2. The van der Waals surface area contributed by atoms with Gasteiger partial charge in [0.2, 0.25) is 0 Å². The number of carboxylic acid groups (broad SMARTS) is 1. The van der Waals surface area contributed by atoms with Gasteiger partial charge in [-0.25, -0.2) is 0 Å². The van der Waals surface area contributed by atoms with Crippen LogP contribution in [0.3, 0.4) is 0 Å². The second-order valence-corrected chi connectivity index (χ2v) is 3.32. The highest BCUT2D eigenvalue weighted by Crippen LogP contribution is 2.16. The lowest BCUT2D eigenvalue weighted by molar-refractivity contribution is -0.136. The molecule has 0 unspecified atom stereocenters. The van der Waals surface area contributed by atoms with E-state index in [9.17, 15) is 4.79 Å². The Kier molecular flexibility index (Phi) is 2.93. The van der Waals surface area contributed by atoms with Gasteiger partial charge < -0.3 is 5.11 Å². The maximum absolute atomic E-state index is 10.6. The van der Waals surface area contributed by atoms with Crippen molar-refractivity contribution in [3.8, 4) is 12.3 Å². The predicted octanol–water partition coefficient (Wildman–Crippen LogP) is 1.91. The standard InChI is InChI=1S/C12H12O2/c1-4-10-6-8(2)5-9(3)11(10)7-12(13)14/h1,5-6H,7H2,2-3H3,(H,13,14). The molecule has 1 aromatic rings. The SMILES string of the molecule is C#Cc1cc(C)cc(C)c1CC(=O)O. The average Bonchev–Trinajstić information content (AvgIpc) is 2.08. The fraction of sp³-hybridized carbons (Fsp3) is 0.250. The van der Waals surface area contributed by atoms with Crippen molar-refractivity contribution >= 4 is 5.97 Å². The van der Waals surface area contributed by atoms with Gasteiger partial charge in [0.1, 0.15) is 0 Å². The van der Waals surface area contributed by atoms with Crippen LogP contribution in [0.1, 0.15) is 22.3 Å². The molecule has 0 amide bonds. The molecule has 1 aromatic carbocycles. The van der Waals surface area contributed by atoms with Crippen LogP contribution in [-0.2, 0) is 11.2 Å². The van der Waals surface area contributed by atoms with Crippen molar-refractivity contribution < 1.29 is 9.90 Å². The summed E-state index contributed by atoms with van der Waals surface area (Å²) in [5, 5.41) is 8.71. The van der Waals surface area contributed by atoms with Crippen LogP contribution in [0.4, 0.5) is 0 Å². The van der Waals surface area contributed by atoms with Gasteiger partial charge in [-0.05, 0) is 36.6 Å². The lowest BCUT2D eigenvalue weighted by atomic mass is 9.97. The maximum Gasteiger partial charge on any atom is 0.307 e. The van der Waals surface area contributed by atoms with Gasteiger partial charge in [0.25, 0.3) is 0 Å². The van der Waals surface area contributed by atoms with Crippen LogP contribution >= 0.6 is 0 Å². The number of benzene rings is 1. The van der Waals surface area contributed by atoms with Gasteiger partial charge in [0.15, 0.2) is 0 Å². The maximum atomic E-state index is 10.6. The van der Waals surface area contributed by atoms with E-state index in [1.807, 2.05) is 26.0 Å². The van der Waals surface area contributed by atoms with E-state index in [2.05, 4.69) is 5.92 Å². The Morgan fingerprint density at radius 2 is 2.14 bits per heavy atom. The molecular weight excluding hydrogens is 176 g/mol. The topological polar surface area (TPSA) is 37.3 Å². The van der Waals surface area contributed by atoms with Crippen molar-refractivity contribution in [2.45, 2.75) is 20.3 Å². The van der Waals surface area contributed by atoms with Crippen LogP contribution in [0.5, 0.6) is 0 Å². The molecule has 1 N–H and O–H groups in total. The van der Waals surface area contributed by atoms with Crippen molar-refractivity contribution in [3.05, 3.63) is 34.4 Å². The zero-order chi connectivity index (χ0) is 10.7. The first-order valence-electron chi connectivity index (χ1n) is 4.33. The fourth-order valence-corrected chi connectivity index (χ4v) is 1.51. The third-order valence-electron chi connectivity index (χ3n) is 2.10. The molecule has 0 saturated heterocycles. The first kappa shape index (κ1) is 10.3. The van der Waals surface area contributed by atoms with E-state index in [0.29, 0.717) is 5.56 Å². The molecule has 0 aliphatic carbocycles. The first-order valence-corrected chi connectivity index (χ1v) is 4.33. The number of hydrogen-bond acceptors (Lipinski definition) is 1. The van der Waals surface area contributed by atoms with Crippen molar-refractivity contribution in [2.24, 2.45) is 0 Å². The van der Waals surface area contributed by atoms with Crippen LogP contribution in [-0.4, -0.2) is 11.1 Å². The van der Waals surface area contributed by atoms with Crippen LogP contribution in [0.15, 0.2) is 12.1 Å². The van der Waals surface area contributed by atoms with Crippen LogP contribution in [0.2, 0.25) is 0 Å². The molecule has 0 bridgehead atoms. The highest BCUT2D eigenvalue weighted by molar-refractivity contribution is 5.72. The molecule has 2 heteroatoms. The van der Waals surface area contributed by atoms with Gasteiger partial charge in [-0.3, -0.25) is 4.79 Å². The molecule has 2 nitrogen and oxygen atoms in total. The summed E-state index contributed by atoms with van der Waals surface area (Å²) in [5.41, 5.74) is 3.43. The Labute approximate surface area is 83.6 Å². The molecule has 0 heterocycles. The molecule has 0 saturated carbocycles. The second kappa shape index (κ2) is 3.97. The Morgan fingerprint density at radius 1 is 1.50 bits per heavy atom. The zero-order valence-corrected chi connectivity index (χ0v) is 8.29. The Morgan fingerprint density at radius 3 is 2.64 bits per heavy atom. The summed E-state index contributed by atoms with van der Waals surface area (Å²) in [7, 11) is 0. The smallest absolute Gasteiger partial charge is 0.307 e. The van der Waals surface area contributed by atoms with Crippen LogP contribution in [0.25, 0.3) is 0 Å². The van der Waals surface area contributed by atoms with Crippen molar-refractivity contribution in [3.63, 3.8) is 0 Å². The summed E-state index contributed by atoms with van der Waals surface area (Å²) in [6, 6.07) is 3.78. The van der Waals surface area contributed by atoms with E-state index in [1.54, 1.807) is 0 Å². The minimum Gasteiger partial charge on any atom is -0.481 e. The summed E-state index contributed by atoms with van der Waals surface area (Å²) in [5.74, 6) is 1.67. The molecule has 0 spiro atoms. The van der Waals surface area contributed by atoms with Gasteiger partial charge in [0.05, 0.1) is 6.42 Å². The number of rotatable bonds is 2. The van der Waals surface area contributed by atoms with Crippen molar-refractivity contribution in [1.29, 1.82) is 0 Å². The van der Waals surface area contributed by atoms with Crippen LogP contribution in [0, 0.1) is 26.2 Å². The first-order chi connectivity index (χ1) is 6.54. The number of terminal acetylenes is 1. The van der Waals surface area contributed by atoms with E-state index in [-0.39, 0.29) is 6.42 Å². The molecule has 0 atom stereocenters. The molecule has 0 aliphatic heterocycles. The highest BCUT2D eigenvalue weighted by atomic mass is 16.4. The molecule has 14 heavy (non-hydrogen) atoms. The summed E-state index contributed by atoms with van der Waals surface area (Å²) in [6.45, 7) is 3.82. The molecule has 72 valence electrons. The number of carbonyl (C=O) groups is 1. The lowest BCUT2D eigenvalue weighted by Gasteiger charge is -2.07. The second-order valence-electron chi connectivity index (χ2n) is 3.32. The number of carboxylic acids is 1. The molecule has 0 aromatic heterocycles. The molecular formula is C12H12O2. The molecule has 0 radical (unpaired) electrons. The molecule has 0 fully saturated rings. The summed E-state index contributed by atoms with van der Waals surface area (Å²) in [4.78, 5) is 10.6. The lowest BCUT2D eigenvalue weighted by Crippen LogP contribution is -2.04. The van der Waals surface area contributed by atoms with E-state index in [0.717, 1.165) is 16.7 Å². The molecule has 0 aliphatic rings. The fourth-order valence-electron chi connectivity index (χ4n) is 1.51. The van der Waals surface area contributed by atoms with Gasteiger partial charge in [-0.15, -0.1) is 6.42 Å². The monoisotopic (exact) mass is 188 g/mol. The van der Waals surface area contributed by atoms with Crippen molar-refractivity contribution in [2.75, 3.05) is 0 Å². The third kappa shape index (κ3) is 2.14. The van der Waals surface area contributed by atoms with Gasteiger partial charge in [-0.2, -0.15) is 0 Å². The number of aliphatic carboxylic acids is 1. The number of hydrogen-bond donors (Lipinski definition) is 1. The minimum absolute atomic E-state index is 0.00829. The zero-order valence-electron chi connectivity index (χ0n) is 8.29. The Bertz CT molecular complexity index is 411. The van der Waals surface area contributed by atoms with E-state index < -0.39 is 5.97 Å².